The summed E-state index contributed by atoms with van der Waals surface area (Å²) in [6.07, 6.45) is 3.81. The van der Waals surface area contributed by atoms with E-state index in [9.17, 15) is 0 Å². The van der Waals surface area contributed by atoms with Crippen LogP contribution in [0.5, 0.6) is 0 Å². The van der Waals surface area contributed by atoms with E-state index in [2.05, 4.69) is 24.5 Å². The lowest BCUT2D eigenvalue weighted by atomic mass is 9.80. The average molecular weight is 244 g/mol. The fraction of sp³-hybridized carbons (Fsp3) is 0.917. The van der Waals surface area contributed by atoms with Gasteiger partial charge < -0.3 is 15.4 Å². The number of hydrogen-bond acceptors (Lipinski definition) is 2. The summed E-state index contributed by atoms with van der Waals surface area (Å²) in [4.78, 5) is 0. The fourth-order valence-electron chi connectivity index (χ4n) is 2.57. The second kappa shape index (κ2) is 7.07. The highest BCUT2D eigenvalue weighted by atomic mass is 32.1. The molecule has 2 N–H and O–H groups in total. The molecule has 2 atom stereocenters. The van der Waals surface area contributed by atoms with Crippen molar-refractivity contribution < 1.29 is 4.74 Å². The van der Waals surface area contributed by atoms with Crippen molar-refractivity contribution in [3.63, 3.8) is 0 Å². The molecule has 0 heterocycles. The Morgan fingerprint density at radius 2 is 1.88 bits per heavy atom. The Bertz CT molecular complexity index is 213. The van der Waals surface area contributed by atoms with Gasteiger partial charge >= 0.3 is 0 Å². The van der Waals surface area contributed by atoms with E-state index in [1.807, 2.05) is 0 Å². The second-order valence-electron chi connectivity index (χ2n) is 5.01. The third-order valence-corrected chi connectivity index (χ3v) is 3.37. The normalized spacial score (nSPS) is 29.8. The molecule has 4 heteroatoms. The van der Waals surface area contributed by atoms with Gasteiger partial charge in [0.2, 0.25) is 0 Å². The van der Waals surface area contributed by atoms with E-state index < -0.39 is 0 Å². The van der Waals surface area contributed by atoms with Gasteiger partial charge in [-0.2, -0.15) is 0 Å². The van der Waals surface area contributed by atoms with Gasteiger partial charge in [-0.1, -0.05) is 13.8 Å². The van der Waals surface area contributed by atoms with Crippen LogP contribution >= 0.6 is 12.2 Å². The minimum absolute atomic E-state index is 0.543. The number of thiocarbonyl (C=S) groups is 1. The quantitative estimate of drug-likeness (QED) is 0.585. The van der Waals surface area contributed by atoms with E-state index in [-0.39, 0.29) is 0 Å². The van der Waals surface area contributed by atoms with Gasteiger partial charge in [-0.3, -0.25) is 0 Å². The van der Waals surface area contributed by atoms with E-state index in [1.165, 1.54) is 19.3 Å². The fourth-order valence-corrected chi connectivity index (χ4v) is 2.84. The zero-order valence-electron chi connectivity index (χ0n) is 10.6. The Hall–Kier alpha value is -0.350. The Morgan fingerprint density at radius 3 is 2.44 bits per heavy atom. The van der Waals surface area contributed by atoms with Gasteiger partial charge in [0.15, 0.2) is 5.11 Å². The van der Waals surface area contributed by atoms with Crippen molar-refractivity contribution in [1.29, 1.82) is 0 Å². The molecule has 0 amide bonds. The van der Waals surface area contributed by atoms with Crippen molar-refractivity contribution in [3.8, 4) is 0 Å². The van der Waals surface area contributed by atoms with Crippen LogP contribution in [0.3, 0.4) is 0 Å². The zero-order valence-corrected chi connectivity index (χ0v) is 11.4. The summed E-state index contributed by atoms with van der Waals surface area (Å²) in [5.74, 6) is 1.62. The summed E-state index contributed by atoms with van der Waals surface area (Å²) in [5, 5.41) is 7.33. The molecule has 0 bridgehead atoms. The smallest absolute Gasteiger partial charge is 0.166 e. The third kappa shape index (κ3) is 5.12. The van der Waals surface area contributed by atoms with Crippen LogP contribution in [0.15, 0.2) is 0 Å². The maximum atomic E-state index is 5.25. The first kappa shape index (κ1) is 13.7. The summed E-state index contributed by atoms with van der Waals surface area (Å²) < 4.78 is 4.97. The summed E-state index contributed by atoms with van der Waals surface area (Å²) in [7, 11) is 1.70. The molecule has 0 spiro atoms. The molecule has 1 aliphatic rings. The van der Waals surface area contributed by atoms with E-state index in [0.717, 1.165) is 23.5 Å². The van der Waals surface area contributed by atoms with E-state index in [4.69, 9.17) is 17.0 Å². The molecule has 0 aliphatic heterocycles. The van der Waals surface area contributed by atoms with Gasteiger partial charge in [-0.05, 0) is 43.3 Å². The molecule has 1 fully saturated rings. The lowest BCUT2D eigenvalue weighted by Gasteiger charge is -2.32. The maximum Gasteiger partial charge on any atom is 0.166 e. The van der Waals surface area contributed by atoms with E-state index in [1.54, 1.807) is 7.11 Å². The SMILES string of the molecule is COCCNC(=S)NC1CC(C)CC(C)C1. The molecular weight excluding hydrogens is 220 g/mol. The van der Waals surface area contributed by atoms with Gasteiger partial charge in [0.25, 0.3) is 0 Å². The molecule has 2 unspecified atom stereocenters. The van der Waals surface area contributed by atoms with Crippen molar-refractivity contribution in [1.82, 2.24) is 10.6 Å². The molecule has 0 saturated heterocycles. The number of hydrogen-bond donors (Lipinski definition) is 2. The summed E-state index contributed by atoms with van der Waals surface area (Å²) in [6.45, 7) is 6.12. The van der Waals surface area contributed by atoms with Crippen molar-refractivity contribution in [2.45, 2.75) is 39.2 Å². The Kier molecular flexibility index (Phi) is 6.06. The minimum atomic E-state index is 0.543. The first-order valence-corrected chi connectivity index (χ1v) is 6.56. The predicted molar refractivity (Wildman–Crippen MR) is 71.6 cm³/mol. The first-order valence-electron chi connectivity index (χ1n) is 6.15. The molecule has 0 aromatic rings. The van der Waals surface area contributed by atoms with Crippen LogP contribution in [-0.2, 0) is 4.74 Å². The predicted octanol–water partition coefficient (Wildman–Crippen LogP) is 1.92. The monoisotopic (exact) mass is 244 g/mol. The van der Waals surface area contributed by atoms with Crippen LogP contribution in [0, 0.1) is 11.8 Å². The Morgan fingerprint density at radius 1 is 1.25 bits per heavy atom. The highest BCUT2D eigenvalue weighted by Crippen LogP contribution is 2.28. The maximum absolute atomic E-state index is 5.25. The lowest BCUT2D eigenvalue weighted by molar-refractivity contribution is 0.203. The topological polar surface area (TPSA) is 33.3 Å². The highest BCUT2D eigenvalue weighted by Gasteiger charge is 2.23. The molecule has 1 saturated carbocycles. The molecule has 0 aromatic heterocycles. The molecule has 16 heavy (non-hydrogen) atoms. The van der Waals surface area contributed by atoms with Gasteiger partial charge in [0.05, 0.1) is 6.61 Å². The van der Waals surface area contributed by atoms with Crippen LogP contribution in [0.4, 0.5) is 0 Å². The van der Waals surface area contributed by atoms with Crippen molar-refractivity contribution in [2.24, 2.45) is 11.8 Å². The largest absolute Gasteiger partial charge is 0.383 e. The van der Waals surface area contributed by atoms with Gasteiger partial charge in [-0.25, -0.2) is 0 Å². The second-order valence-corrected chi connectivity index (χ2v) is 5.42. The Balaban J connectivity index is 2.22. The van der Waals surface area contributed by atoms with E-state index >= 15 is 0 Å². The van der Waals surface area contributed by atoms with Crippen molar-refractivity contribution >= 4 is 17.3 Å². The number of rotatable bonds is 4. The van der Waals surface area contributed by atoms with E-state index in [0.29, 0.717) is 12.6 Å². The number of ether oxygens (including phenoxy) is 1. The van der Waals surface area contributed by atoms with Gasteiger partial charge in [-0.15, -0.1) is 0 Å². The molecular formula is C12H24N2OS. The van der Waals surface area contributed by atoms with Gasteiger partial charge in [0, 0.05) is 19.7 Å². The van der Waals surface area contributed by atoms with Crippen LogP contribution in [0.2, 0.25) is 0 Å². The standard InChI is InChI=1S/C12H24N2OS/c1-9-6-10(2)8-11(7-9)14-12(16)13-4-5-15-3/h9-11H,4-8H2,1-3H3,(H2,13,14,16). The molecule has 3 nitrogen and oxygen atoms in total. The summed E-state index contributed by atoms with van der Waals surface area (Å²) in [6, 6.07) is 0.543. The summed E-state index contributed by atoms with van der Waals surface area (Å²) >= 11 is 5.25. The number of methoxy groups -OCH3 is 1. The first-order chi connectivity index (χ1) is 7.61. The van der Waals surface area contributed by atoms with Crippen LogP contribution < -0.4 is 10.6 Å². The van der Waals surface area contributed by atoms with Crippen molar-refractivity contribution in [3.05, 3.63) is 0 Å². The van der Waals surface area contributed by atoms with Crippen molar-refractivity contribution in [2.75, 3.05) is 20.3 Å². The van der Waals surface area contributed by atoms with Gasteiger partial charge in [0.1, 0.15) is 0 Å². The van der Waals surface area contributed by atoms with Crippen LogP contribution in [-0.4, -0.2) is 31.4 Å². The minimum Gasteiger partial charge on any atom is -0.383 e. The molecule has 0 aromatic carbocycles. The molecule has 1 rings (SSSR count). The third-order valence-electron chi connectivity index (χ3n) is 3.11. The summed E-state index contributed by atoms with van der Waals surface area (Å²) in [5.41, 5.74) is 0. The Labute approximate surface area is 104 Å². The number of nitrogens with one attached hydrogen (secondary N) is 2. The molecule has 0 radical (unpaired) electrons. The highest BCUT2D eigenvalue weighted by molar-refractivity contribution is 7.80. The van der Waals surface area contributed by atoms with Crippen LogP contribution in [0.25, 0.3) is 0 Å². The zero-order chi connectivity index (χ0) is 12.0. The van der Waals surface area contributed by atoms with Crippen LogP contribution in [0.1, 0.15) is 33.1 Å². The lowest BCUT2D eigenvalue weighted by Crippen LogP contribution is -2.45. The average Bonchev–Trinajstić information content (AvgIpc) is 2.16. The molecule has 1 aliphatic carbocycles. The molecule has 94 valence electrons.